The summed E-state index contributed by atoms with van der Waals surface area (Å²) in [5.74, 6) is 0.231. The maximum atomic E-state index is 5.84. The standard InChI is InChI=1S/C16H23N3O2S/c22-16(19-7-11-21-12-8-19)15(14-1-3-17-4-2-14)13-18-5-9-20-10-6-18/h1-4,15H,5-13H2. The summed E-state index contributed by atoms with van der Waals surface area (Å²) in [5, 5.41) is 0. The quantitative estimate of drug-likeness (QED) is 0.775. The monoisotopic (exact) mass is 321 g/mol. The van der Waals surface area contributed by atoms with Gasteiger partial charge in [-0.1, -0.05) is 12.2 Å². The molecule has 5 nitrogen and oxygen atoms in total. The smallest absolute Gasteiger partial charge is 0.0869 e. The molecule has 0 radical (unpaired) electrons. The van der Waals surface area contributed by atoms with Crippen LogP contribution in [0.2, 0.25) is 0 Å². The molecule has 1 unspecified atom stereocenters. The van der Waals surface area contributed by atoms with Gasteiger partial charge in [-0.05, 0) is 17.7 Å². The molecule has 0 bridgehead atoms. The zero-order valence-electron chi connectivity index (χ0n) is 12.8. The predicted molar refractivity (Wildman–Crippen MR) is 89.2 cm³/mol. The van der Waals surface area contributed by atoms with Gasteiger partial charge in [0.1, 0.15) is 0 Å². The second-order valence-corrected chi connectivity index (χ2v) is 6.10. The minimum Gasteiger partial charge on any atom is -0.379 e. The van der Waals surface area contributed by atoms with E-state index in [-0.39, 0.29) is 5.92 Å². The number of hydrogen-bond acceptors (Lipinski definition) is 5. The van der Waals surface area contributed by atoms with Crippen LogP contribution in [0, 0.1) is 0 Å². The van der Waals surface area contributed by atoms with Crippen LogP contribution >= 0.6 is 12.2 Å². The molecule has 2 saturated heterocycles. The number of rotatable bonds is 4. The van der Waals surface area contributed by atoms with E-state index in [2.05, 4.69) is 26.9 Å². The highest BCUT2D eigenvalue weighted by Gasteiger charge is 2.26. The second kappa shape index (κ2) is 7.97. The van der Waals surface area contributed by atoms with E-state index >= 15 is 0 Å². The molecule has 1 atom stereocenters. The van der Waals surface area contributed by atoms with Gasteiger partial charge in [0.2, 0.25) is 0 Å². The van der Waals surface area contributed by atoms with Crippen molar-refractivity contribution in [2.45, 2.75) is 5.92 Å². The summed E-state index contributed by atoms with van der Waals surface area (Å²) in [7, 11) is 0. The Balaban J connectivity index is 1.74. The van der Waals surface area contributed by atoms with Gasteiger partial charge in [0, 0.05) is 51.0 Å². The van der Waals surface area contributed by atoms with Crippen LogP contribution in [0.1, 0.15) is 11.5 Å². The molecule has 120 valence electrons. The van der Waals surface area contributed by atoms with E-state index < -0.39 is 0 Å². The third-order valence-electron chi connectivity index (χ3n) is 4.27. The van der Waals surface area contributed by atoms with E-state index in [0.717, 1.165) is 64.1 Å². The largest absolute Gasteiger partial charge is 0.379 e. The zero-order valence-corrected chi connectivity index (χ0v) is 13.6. The first-order valence-corrected chi connectivity index (χ1v) is 8.32. The fourth-order valence-corrected chi connectivity index (χ4v) is 3.36. The Labute approximate surface area is 137 Å². The fourth-order valence-electron chi connectivity index (χ4n) is 2.97. The second-order valence-electron chi connectivity index (χ2n) is 5.68. The molecule has 0 spiro atoms. The molecule has 3 rings (SSSR count). The topological polar surface area (TPSA) is 37.8 Å². The van der Waals surface area contributed by atoms with Crippen molar-refractivity contribution in [2.24, 2.45) is 0 Å². The summed E-state index contributed by atoms with van der Waals surface area (Å²) in [4.78, 5) is 9.91. The van der Waals surface area contributed by atoms with E-state index in [1.54, 1.807) is 0 Å². The van der Waals surface area contributed by atoms with Crippen molar-refractivity contribution in [2.75, 3.05) is 59.2 Å². The van der Waals surface area contributed by atoms with Crippen molar-refractivity contribution >= 4 is 17.2 Å². The maximum Gasteiger partial charge on any atom is 0.0869 e. The normalized spacial score (nSPS) is 21.5. The summed E-state index contributed by atoms with van der Waals surface area (Å²) >= 11 is 5.84. The van der Waals surface area contributed by atoms with E-state index in [0.29, 0.717) is 0 Å². The van der Waals surface area contributed by atoms with Crippen molar-refractivity contribution in [3.05, 3.63) is 30.1 Å². The van der Waals surface area contributed by atoms with Gasteiger partial charge in [0.25, 0.3) is 0 Å². The van der Waals surface area contributed by atoms with Crippen molar-refractivity contribution in [3.63, 3.8) is 0 Å². The Hall–Kier alpha value is -1.08. The third kappa shape index (κ3) is 4.01. The van der Waals surface area contributed by atoms with Gasteiger partial charge in [-0.15, -0.1) is 0 Å². The van der Waals surface area contributed by atoms with Crippen LogP contribution in [0.5, 0.6) is 0 Å². The molecule has 1 aromatic rings. The van der Waals surface area contributed by atoms with Crippen LogP contribution < -0.4 is 0 Å². The molecule has 6 heteroatoms. The third-order valence-corrected chi connectivity index (χ3v) is 4.82. The molecule has 1 aromatic heterocycles. The van der Waals surface area contributed by atoms with E-state index in [1.165, 1.54) is 5.56 Å². The molecular formula is C16H23N3O2S. The van der Waals surface area contributed by atoms with Crippen LogP contribution in [0.3, 0.4) is 0 Å². The van der Waals surface area contributed by atoms with Crippen LogP contribution in [0.15, 0.2) is 24.5 Å². The summed E-state index contributed by atoms with van der Waals surface area (Å²) in [5.41, 5.74) is 1.25. The summed E-state index contributed by atoms with van der Waals surface area (Å²) in [6.45, 7) is 7.85. The minimum absolute atomic E-state index is 0.231. The first kappa shape index (κ1) is 15.8. The van der Waals surface area contributed by atoms with Gasteiger partial charge in [0.15, 0.2) is 0 Å². The Morgan fingerprint density at radius 2 is 1.64 bits per heavy atom. The first-order chi connectivity index (χ1) is 10.8. The van der Waals surface area contributed by atoms with Gasteiger partial charge in [0.05, 0.1) is 31.4 Å². The lowest BCUT2D eigenvalue weighted by Gasteiger charge is -2.36. The summed E-state index contributed by atoms with van der Waals surface area (Å²) in [6.07, 6.45) is 3.70. The summed E-state index contributed by atoms with van der Waals surface area (Å²) < 4.78 is 10.9. The van der Waals surface area contributed by atoms with Crippen molar-refractivity contribution in [1.82, 2.24) is 14.8 Å². The zero-order chi connectivity index (χ0) is 15.2. The number of aromatic nitrogens is 1. The molecular weight excluding hydrogens is 298 g/mol. The molecule has 0 aromatic carbocycles. The highest BCUT2D eigenvalue weighted by molar-refractivity contribution is 7.80. The molecule has 2 aliphatic rings. The molecule has 3 heterocycles. The van der Waals surface area contributed by atoms with Crippen LogP contribution in [-0.2, 0) is 9.47 Å². The van der Waals surface area contributed by atoms with Crippen LogP contribution in [-0.4, -0.2) is 78.9 Å². The van der Waals surface area contributed by atoms with Gasteiger partial charge in [-0.25, -0.2) is 0 Å². The Morgan fingerprint density at radius 3 is 2.27 bits per heavy atom. The lowest BCUT2D eigenvalue weighted by molar-refractivity contribution is 0.0361. The van der Waals surface area contributed by atoms with Gasteiger partial charge >= 0.3 is 0 Å². The van der Waals surface area contributed by atoms with Gasteiger partial charge < -0.3 is 14.4 Å². The molecule has 0 aliphatic carbocycles. The highest BCUT2D eigenvalue weighted by atomic mass is 32.1. The number of nitrogens with zero attached hydrogens (tertiary/aromatic N) is 3. The van der Waals surface area contributed by atoms with E-state index in [1.807, 2.05) is 12.4 Å². The first-order valence-electron chi connectivity index (χ1n) is 7.91. The summed E-state index contributed by atoms with van der Waals surface area (Å²) in [6, 6.07) is 4.16. The highest BCUT2D eigenvalue weighted by Crippen LogP contribution is 2.22. The molecule has 0 N–H and O–H groups in total. The molecule has 22 heavy (non-hydrogen) atoms. The van der Waals surface area contributed by atoms with Gasteiger partial charge in [-0.3, -0.25) is 9.88 Å². The Kier molecular flexibility index (Phi) is 5.72. The lowest BCUT2D eigenvalue weighted by Crippen LogP contribution is -2.46. The number of thiocarbonyl (C=S) groups is 1. The molecule has 0 amide bonds. The van der Waals surface area contributed by atoms with E-state index in [4.69, 9.17) is 21.7 Å². The maximum absolute atomic E-state index is 5.84. The number of ether oxygens (including phenoxy) is 2. The SMILES string of the molecule is S=C(C(CN1CCOCC1)c1ccncc1)N1CCOCC1. The average Bonchev–Trinajstić information content (AvgIpc) is 2.61. The fraction of sp³-hybridized carbons (Fsp3) is 0.625. The number of hydrogen-bond donors (Lipinski definition) is 0. The molecule has 2 aliphatic heterocycles. The lowest BCUT2D eigenvalue weighted by atomic mass is 9.98. The van der Waals surface area contributed by atoms with Crippen LogP contribution in [0.4, 0.5) is 0 Å². The molecule has 0 saturated carbocycles. The van der Waals surface area contributed by atoms with Crippen LogP contribution in [0.25, 0.3) is 0 Å². The Bertz CT molecular complexity index is 474. The average molecular weight is 321 g/mol. The van der Waals surface area contributed by atoms with Gasteiger partial charge in [-0.2, -0.15) is 0 Å². The minimum atomic E-state index is 0.231. The predicted octanol–water partition coefficient (Wildman–Crippen LogP) is 1.16. The van der Waals surface area contributed by atoms with E-state index in [9.17, 15) is 0 Å². The Morgan fingerprint density at radius 1 is 1.05 bits per heavy atom. The van der Waals surface area contributed by atoms with Crippen molar-refractivity contribution in [3.8, 4) is 0 Å². The number of morpholine rings is 2. The van der Waals surface area contributed by atoms with Crippen molar-refractivity contribution in [1.29, 1.82) is 0 Å². The number of pyridine rings is 1. The molecule has 2 fully saturated rings. The van der Waals surface area contributed by atoms with Crippen molar-refractivity contribution < 1.29 is 9.47 Å².